The molecule has 2 aromatic heterocycles. The molecule has 3 aromatic carbocycles. The molecule has 2 spiro atoms. The summed E-state index contributed by atoms with van der Waals surface area (Å²) < 4.78 is 35.3. The molecule has 11 atom stereocenters. The summed E-state index contributed by atoms with van der Waals surface area (Å²) in [7, 11) is 0. The second-order valence-electron chi connectivity index (χ2n) is 26.1. The van der Waals surface area contributed by atoms with Gasteiger partial charge in [-0.3, -0.25) is 9.59 Å². The second kappa shape index (κ2) is 17.3. The van der Waals surface area contributed by atoms with Crippen LogP contribution in [0.25, 0.3) is 22.1 Å². The van der Waals surface area contributed by atoms with E-state index in [4.69, 9.17) is 9.97 Å². The highest BCUT2D eigenvalue weighted by molar-refractivity contribution is 5.95. The van der Waals surface area contributed by atoms with Gasteiger partial charge in [-0.25, -0.2) is 28.3 Å². The van der Waals surface area contributed by atoms with E-state index < -0.39 is 81.5 Å². The van der Waals surface area contributed by atoms with E-state index in [1.165, 1.54) is 12.1 Å². The van der Waals surface area contributed by atoms with Crippen LogP contribution in [0.3, 0.4) is 0 Å². The maximum absolute atomic E-state index is 17.6. The first kappa shape index (κ1) is 49.6. The molecule has 16 nitrogen and oxygen atoms in total. The Morgan fingerprint density at radius 2 is 1.09 bits per heavy atom. The summed E-state index contributed by atoms with van der Waals surface area (Å²) in [5, 5.41) is 27.8. The predicted molar refractivity (Wildman–Crippen MR) is 291 cm³/mol. The molecule has 4 saturated carbocycles. The number of nitrogens with one attached hydrogen (secondary N) is 4. The van der Waals surface area contributed by atoms with E-state index in [0.29, 0.717) is 87.6 Å². The summed E-state index contributed by atoms with van der Waals surface area (Å²) in [6.45, 7) is 5.42. The molecule has 4 saturated heterocycles. The van der Waals surface area contributed by atoms with Crippen molar-refractivity contribution in [3.8, 4) is 0 Å². The molecule has 416 valence electrons. The quantitative estimate of drug-likeness (QED) is 0.0868. The number of imidazole rings is 2. The van der Waals surface area contributed by atoms with Gasteiger partial charge in [0.25, 0.3) is 11.8 Å². The summed E-state index contributed by atoms with van der Waals surface area (Å²) in [6, 6.07) is 13.6. The number of piperidine rings is 1. The summed E-state index contributed by atoms with van der Waals surface area (Å²) in [4.78, 5) is 86.5. The van der Waals surface area contributed by atoms with Gasteiger partial charge < -0.3 is 50.4 Å². The highest BCUT2D eigenvalue weighted by Crippen LogP contribution is 2.66. The number of aromatic nitrogens is 4. The number of anilines is 2. The van der Waals surface area contributed by atoms with Gasteiger partial charge in [0.15, 0.2) is 22.7 Å². The van der Waals surface area contributed by atoms with Crippen LogP contribution in [0.4, 0.5) is 29.7 Å². The average Bonchev–Trinajstić information content (AvgIpc) is 3.32. The van der Waals surface area contributed by atoms with E-state index in [9.17, 15) is 19.8 Å². The van der Waals surface area contributed by atoms with Crippen LogP contribution >= 0.6 is 0 Å². The van der Waals surface area contributed by atoms with E-state index in [0.717, 1.165) is 92.8 Å². The van der Waals surface area contributed by atoms with Crippen molar-refractivity contribution in [1.82, 2.24) is 40.4 Å². The topological polar surface area (TPSA) is 203 Å². The fourth-order valence-corrected chi connectivity index (χ4v) is 19.7. The largest absolute Gasteiger partial charge is 0.465 e. The van der Waals surface area contributed by atoms with E-state index in [1.807, 2.05) is 17.0 Å². The second-order valence-corrected chi connectivity index (χ2v) is 26.1. The Morgan fingerprint density at radius 1 is 0.608 bits per heavy atom. The molecule has 4 amide bonds. The minimum absolute atomic E-state index is 0.0287. The highest BCUT2D eigenvalue weighted by Gasteiger charge is 2.72. The normalized spacial score (nSPS) is 36.1. The molecule has 0 radical (unpaired) electrons. The number of fused-ring (bicyclic) bond motifs is 4. The molecular formula is C61H72F2N10O6. The number of carbonyl (C=O) groups is 4. The molecule has 8 heterocycles. The lowest BCUT2D eigenvalue weighted by Crippen LogP contribution is -2.70. The zero-order chi connectivity index (χ0) is 54.1. The molecule has 6 N–H and O–H groups in total. The van der Waals surface area contributed by atoms with Crippen LogP contribution in [0.15, 0.2) is 48.5 Å². The molecule has 5 aromatic rings. The minimum atomic E-state index is -1.78. The van der Waals surface area contributed by atoms with Crippen LogP contribution in [0.1, 0.15) is 165 Å². The Morgan fingerprint density at radius 3 is 1.62 bits per heavy atom. The van der Waals surface area contributed by atoms with Gasteiger partial charge in [-0.05, 0) is 174 Å². The molecule has 8 fully saturated rings. The number of hydrogen-bond donors (Lipinski definition) is 6. The Balaban J connectivity index is 0.956. The van der Waals surface area contributed by atoms with Crippen molar-refractivity contribution < 1.29 is 38.2 Å². The van der Waals surface area contributed by atoms with Crippen molar-refractivity contribution in [3.63, 3.8) is 0 Å². The lowest BCUT2D eigenvalue weighted by Gasteiger charge is -2.55. The molecule has 6 aliphatic heterocycles. The Hall–Kier alpha value is -6.46. The van der Waals surface area contributed by atoms with E-state index in [1.54, 1.807) is 0 Å². The maximum atomic E-state index is 17.6. The maximum Gasteiger partial charge on any atom is 0.405 e. The minimum Gasteiger partial charge on any atom is -0.465 e. The van der Waals surface area contributed by atoms with Gasteiger partial charge in [0, 0.05) is 18.8 Å². The fourth-order valence-electron chi connectivity index (χ4n) is 19.7. The Bertz CT molecular complexity index is 3360. The number of halogens is 2. The van der Waals surface area contributed by atoms with Gasteiger partial charge >= 0.3 is 12.2 Å². The third-order valence-corrected chi connectivity index (χ3v) is 23.0. The number of H-pyrrole nitrogens is 2. The zero-order valence-corrected chi connectivity index (χ0v) is 45.3. The summed E-state index contributed by atoms with van der Waals surface area (Å²) in [5.74, 6) is -2.62. The molecule has 79 heavy (non-hydrogen) atoms. The monoisotopic (exact) mass is 1080 g/mol. The van der Waals surface area contributed by atoms with Gasteiger partial charge in [-0.1, -0.05) is 57.6 Å². The van der Waals surface area contributed by atoms with Crippen molar-refractivity contribution in [2.75, 3.05) is 22.9 Å². The first-order valence-electron chi connectivity index (χ1n) is 29.9. The summed E-state index contributed by atoms with van der Waals surface area (Å²) >= 11 is 0. The molecule has 10 aliphatic rings. The number of nitrogens with zero attached hydrogens (tertiary/aromatic N) is 6. The third-order valence-electron chi connectivity index (χ3n) is 23.0. The molecular weight excluding hydrogens is 1010 g/mol. The lowest BCUT2D eigenvalue weighted by molar-refractivity contribution is -0.152. The van der Waals surface area contributed by atoms with Crippen LogP contribution in [-0.4, -0.2) is 101 Å². The van der Waals surface area contributed by atoms with Gasteiger partial charge in [-0.2, -0.15) is 0 Å². The molecule has 15 rings (SSSR count). The SMILES string of the molecule is CC1C[C@H](C2CC3CCCC34c3ccc5nc([nH]c5c3)C(NC(=O)O)(C3CCCC3)C(=O)N24)N(c2cc(F)c(N3CCCCC3)c(F)c2)[C@]1(C)C1C[C@@H]2CCC[C@@]23c2ccc4nc([nH]c4c2)[C@@](NC(=O)O)(C2CCCC2)C(=O)N13. The first-order chi connectivity index (χ1) is 38.1. The van der Waals surface area contributed by atoms with Crippen molar-refractivity contribution in [1.29, 1.82) is 0 Å². The molecule has 18 heteroatoms. The van der Waals surface area contributed by atoms with Crippen molar-refractivity contribution in [3.05, 3.63) is 82.9 Å². The standard InChI is InChI=1S/C61H72F2N10O6/c1-33-26-47(48-29-36-16-10-22-58(36)38-18-20-43-45(27-38)66-51(64-43)60(68-55(76)77,53(74)72(48)58)34-12-4-5-13-34)71(40-31-41(62)50(42(63)32-40)70-24-8-3-9-25-70)57(33,2)49-30-37-17-11-23-59(37)39-19-21-44-46(28-39)67-52(65-44)61(69-56(78)79,54(75)73(49)59)35-14-6-7-15-35/h18-21,27-28,31-37,47-49,68-69H,3-17,22-26,29-30H2,1-2H3,(H,64,66)(H,65,67)(H,76,77)(H,78,79)/t33?,36?,37-,47+,48?,49?,57-,58?,59-,60?,61-/m0/s1. The van der Waals surface area contributed by atoms with Crippen molar-refractivity contribution >= 4 is 57.4 Å². The van der Waals surface area contributed by atoms with Crippen LogP contribution in [0, 0.1) is 41.2 Å². The van der Waals surface area contributed by atoms with E-state index in [-0.39, 0.29) is 46.9 Å². The number of aromatic amines is 2. The first-order valence-corrected chi connectivity index (χ1v) is 29.9. The van der Waals surface area contributed by atoms with Crippen molar-refractivity contribution in [2.24, 2.45) is 29.6 Å². The Labute approximate surface area is 457 Å². The van der Waals surface area contributed by atoms with Crippen LogP contribution < -0.4 is 20.4 Å². The summed E-state index contributed by atoms with van der Waals surface area (Å²) in [5.41, 5.74) is -1.32. The van der Waals surface area contributed by atoms with Crippen LogP contribution in [-0.2, 0) is 31.7 Å². The summed E-state index contributed by atoms with van der Waals surface area (Å²) in [6.07, 6.45) is 12.0. The number of hydrogen-bond acceptors (Lipinski definition) is 8. The number of carbonyl (C=O) groups excluding carboxylic acids is 2. The predicted octanol–water partition coefficient (Wildman–Crippen LogP) is 10.6. The van der Waals surface area contributed by atoms with Crippen LogP contribution in [0.2, 0.25) is 0 Å². The van der Waals surface area contributed by atoms with Gasteiger partial charge in [-0.15, -0.1) is 0 Å². The van der Waals surface area contributed by atoms with Crippen molar-refractivity contribution in [2.45, 2.75) is 188 Å². The average molecular weight is 1080 g/mol. The Kier molecular flexibility index (Phi) is 10.8. The number of amides is 4. The molecule has 6 bridgehead atoms. The molecule has 4 aliphatic carbocycles. The number of rotatable bonds is 8. The smallest absolute Gasteiger partial charge is 0.405 e. The zero-order valence-electron chi connectivity index (χ0n) is 45.3. The van der Waals surface area contributed by atoms with E-state index >= 15 is 18.4 Å². The third kappa shape index (κ3) is 6.45. The molecule has 6 unspecified atom stereocenters. The van der Waals surface area contributed by atoms with Gasteiger partial charge in [0.1, 0.15) is 17.3 Å². The van der Waals surface area contributed by atoms with Crippen LogP contribution in [0.5, 0.6) is 0 Å². The highest BCUT2D eigenvalue weighted by atomic mass is 19.1. The van der Waals surface area contributed by atoms with Gasteiger partial charge in [0.05, 0.1) is 56.8 Å². The fraction of sp³-hybridized carbons (Fsp3) is 0.607. The number of carboxylic acid groups (broad SMARTS) is 2. The van der Waals surface area contributed by atoms with E-state index in [2.05, 4.69) is 73.4 Å². The van der Waals surface area contributed by atoms with Gasteiger partial charge in [0.2, 0.25) is 0 Å². The lowest BCUT2D eigenvalue weighted by atomic mass is 9.75. The number of benzene rings is 3.